The Morgan fingerprint density at radius 3 is 2.57 bits per heavy atom. The fraction of sp³-hybridized carbons (Fsp3) is 0.647. The van der Waals surface area contributed by atoms with E-state index in [-0.39, 0.29) is 12.0 Å². The summed E-state index contributed by atoms with van der Waals surface area (Å²) in [5.74, 6) is 2.04. The number of piperidine rings is 1. The molecule has 0 aliphatic carbocycles. The van der Waals surface area contributed by atoms with Crippen LogP contribution in [-0.4, -0.2) is 39.7 Å². The topological polar surface area (TPSA) is 88.4 Å². The van der Waals surface area contributed by atoms with E-state index in [0.717, 1.165) is 49.1 Å². The molecule has 6 nitrogen and oxygen atoms in total. The van der Waals surface area contributed by atoms with E-state index >= 15 is 0 Å². The molecule has 2 aromatic rings. The average molecular weight is 318 g/mol. The Bertz CT molecular complexity index is 696. The van der Waals surface area contributed by atoms with Crippen molar-refractivity contribution < 1.29 is 9.52 Å². The van der Waals surface area contributed by atoms with Crippen LogP contribution in [0.2, 0.25) is 0 Å². The fourth-order valence-corrected chi connectivity index (χ4v) is 3.41. The zero-order chi connectivity index (χ0) is 16.6. The number of hydrogen-bond acceptors (Lipinski definition) is 6. The molecule has 2 aromatic heterocycles. The van der Waals surface area contributed by atoms with Crippen molar-refractivity contribution in [2.24, 2.45) is 5.41 Å². The number of hydrogen-bond donors (Lipinski definition) is 2. The second-order valence-corrected chi connectivity index (χ2v) is 6.78. The number of aliphatic hydroxyl groups excluding tert-OH is 1. The van der Waals surface area contributed by atoms with Crippen molar-refractivity contribution in [3.8, 4) is 0 Å². The molecule has 1 aliphatic rings. The minimum absolute atomic E-state index is 0.0928. The number of aromatic nitrogens is 2. The van der Waals surface area contributed by atoms with Gasteiger partial charge in [0.05, 0.1) is 11.9 Å². The van der Waals surface area contributed by atoms with Crippen LogP contribution in [0.5, 0.6) is 0 Å². The first kappa shape index (κ1) is 16.2. The van der Waals surface area contributed by atoms with Crippen molar-refractivity contribution in [3.63, 3.8) is 0 Å². The quantitative estimate of drug-likeness (QED) is 0.900. The Morgan fingerprint density at radius 2 is 1.96 bits per heavy atom. The van der Waals surface area contributed by atoms with E-state index in [0.29, 0.717) is 23.9 Å². The largest absolute Gasteiger partial charge is 0.443 e. The molecule has 0 saturated carbocycles. The van der Waals surface area contributed by atoms with Crippen LogP contribution in [0.15, 0.2) is 4.42 Å². The number of furan rings is 1. The molecule has 126 valence electrons. The van der Waals surface area contributed by atoms with E-state index in [1.54, 1.807) is 0 Å². The maximum atomic E-state index is 9.63. The summed E-state index contributed by atoms with van der Waals surface area (Å²) in [5.41, 5.74) is 7.79. The number of likely N-dealkylation sites (tertiary alicyclic amines) is 1. The number of aryl methyl sites for hydroxylation is 2. The third-order valence-electron chi connectivity index (χ3n) is 5.47. The Morgan fingerprint density at radius 1 is 1.26 bits per heavy atom. The molecular formula is C17H26N4O2. The number of fused-ring (bicyclic) bond motifs is 1. The van der Waals surface area contributed by atoms with Crippen molar-refractivity contribution in [3.05, 3.63) is 17.1 Å². The van der Waals surface area contributed by atoms with Crippen molar-refractivity contribution in [2.75, 3.05) is 25.4 Å². The lowest BCUT2D eigenvalue weighted by Gasteiger charge is -2.39. The summed E-state index contributed by atoms with van der Waals surface area (Å²) < 4.78 is 5.69. The second-order valence-electron chi connectivity index (χ2n) is 6.78. The molecule has 0 bridgehead atoms. The second kappa shape index (κ2) is 6.09. The van der Waals surface area contributed by atoms with Crippen molar-refractivity contribution in [2.45, 2.75) is 46.6 Å². The van der Waals surface area contributed by atoms with Crippen LogP contribution in [0.25, 0.3) is 11.1 Å². The molecule has 1 fully saturated rings. The third-order valence-corrected chi connectivity index (χ3v) is 5.47. The van der Waals surface area contributed by atoms with Gasteiger partial charge >= 0.3 is 0 Å². The lowest BCUT2D eigenvalue weighted by molar-refractivity contribution is 0.0374. The molecule has 0 unspecified atom stereocenters. The van der Waals surface area contributed by atoms with E-state index in [2.05, 4.69) is 21.8 Å². The molecule has 0 spiro atoms. The maximum Gasteiger partial charge on any atom is 0.231 e. The van der Waals surface area contributed by atoms with Gasteiger partial charge in [-0.1, -0.05) is 6.92 Å². The molecule has 3 rings (SSSR count). The van der Waals surface area contributed by atoms with Gasteiger partial charge in [-0.15, -0.1) is 0 Å². The summed E-state index contributed by atoms with van der Waals surface area (Å²) >= 11 is 0. The highest BCUT2D eigenvalue weighted by atomic mass is 16.3. The van der Waals surface area contributed by atoms with Crippen molar-refractivity contribution >= 4 is 16.9 Å². The molecule has 0 atom stereocenters. The van der Waals surface area contributed by atoms with E-state index in [1.807, 2.05) is 13.8 Å². The zero-order valence-electron chi connectivity index (χ0n) is 14.2. The zero-order valence-corrected chi connectivity index (χ0v) is 14.2. The maximum absolute atomic E-state index is 9.63. The molecule has 3 heterocycles. The first-order valence-corrected chi connectivity index (χ1v) is 8.33. The summed E-state index contributed by atoms with van der Waals surface area (Å²) in [5, 5.41) is 10.5. The third kappa shape index (κ3) is 2.93. The fourth-order valence-electron chi connectivity index (χ4n) is 3.41. The minimum Gasteiger partial charge on any atom is -0.443 e. The van der Waals surface area contributed by atoms with Gasteiger partial charge in [0.15, 0.2) is 0 Å². The Labute approximate surface area is 136 Å². The Kier molecular flexibility index (Phi) is 4.29. The summed E-state index contributed by atoms with van der Waals surface area (Å²) in [6.45, 7) is 8.90. The highest BCUT2D eigenvalue weighted by Crippen LogP contribution is 2.34. The molecule has 0 aromatic carbocycles. The smallest absolute Gasteiger partial charge is 0.231 e. The number of rotatable bonds is 4. The predicted octanol–water partition coefficient (Wildman–Crippen LogP) is 2.41. The highest BCUT2D eigenvalue weighted by Gasteiger charge is 2.32. The van der Waals surface area contributed by atoms with Crippen LogP contribution in [0, 0.1) is 19.3 Å². The molecule has 6 heteroatoms. The van der Waals surface area contributed by atoms with Crippen LogP contribution in [0.3, 0.4) is 0 Å². The lowest BCUT2D eigenvalue weighted by atomic mass is 9.77. The van der Waals surface area contributed by atoms with E-state index in [1.165, 1.54) is 0 Å². The van der Waals surface area contributed by atoms with Crippen LogP contribution < -0.4 is 5.73 Å². The van der Waals surface area contributed by atoms with Crippen molar-refractivity contribution in [1.82, 2.24) is 14.9 Å². The van der Waals surface area contributed by atoms with Crippen molar-refractivity contribution in [1.29, 1.82) is 0 Å². The number of nitrogens with zero attached hydrogens (tertiary/aromatic N) is 3. The normalized spacial score (nSPS) is 18.6. The summed E-state index contributed by atoms with van der Waals surface area (Å²) in [6, 6.07) is 0. The van der Waals surface area contributed by atoms with Gasteiger partial charge in [0.1, 0.15) is 17.4 Å². The number of nitrogen functional groups attached to an aromatic ring is 1. The lowest BCUT2D eigenvalue weighted by Crippen LogP contribution is -2.41. The van der Waals surface area contributed by atoms with Crippen LogP contribution in [-0.2, 0) is 6.54 Å². The standard InChI is InChI=1S/C17H26N4O2/c1-4-17(10-22)5-7-21(8-6-17)9-13-19-15(18)14-11(2)12(3)23-16(14)20-13/h22H,4-10H2,1-3H3,(H2,18,19,20). The first-order valence-electron chi connectivity index (χ1n) is 8.33. The number of nitrogens with two attached hydrogens (primary N) is 1. The molecular weight excluding hydrogens is 292 g/mol. The van der Waals surface area contributed by atoms with Crippen LogP contribution in [0.1, 0.15) is 43.3 Å². The van der Waals surface area contributed by atoms with Crippen LogP contribution in [0.4, 0.5) is 5.82 Å². The number of anilines is 1. The molecule has 0 radical (unpaired) electrons. The van der Waals surface area contributed by atoms with E-state index in [4.69, 9.17) is 10.2 Å². The van der Waals surface area contributed by atoms with Gasteiger partial charge in [0, 0.05) is 12.2 Å². The summed E-state index contributed by atoms with van der Waals surface area (Å²) in [4.78, 5) is 11.3. The predicted molar refractivity (Wildman–Crippen MR) is 90.0 cm³/mol. The summed E-state index contributed by atoms with van der Waals surface area (Å²) in [7, 11) is 0. The molecule has 23 heavy (non-hydrogen) atoms. The van der Waals surface area contributed by atoms with Gasteiger partial charge in [-0.05, 0) is 51.6 Å². The highest BCUT2D eigenvalue weighted by molar-refractivity contribution is 5.88. The van der Waals surface area contributed by atoms with Gasteiger partial charge < -0.3 is 15.3 Å². The number of aliphatic hydroxyl groups is 1. The van der Waals surface area contributed by atoms with Gasteiger partial charge in [0.25, 0.3) is 0 Å². The van der Waals surface area contributed by atoms with Gasteiger partial charge in [0.2, 0.25) is 5.71 Å². The van der Waals surface area contributed by atoms with Gasteiger partial charge in [-0.25, -0.2) is 4.98 Å². The van der Waals surface area contributed by atoms with Gasteiger partial charge in [-0.2, -0.15) is 4.98 Å². The van der Waals surface area contributed by atoms with E-state index in [9.17, 15) is 5.11 Å². The monoisotopic (exact) mass is 318 g/mol. The summed E-state index contributed by atoms with van der Waals surface area (Å²) in [6.07, 6.45) is 3.05. The van der Waals surface area contributed by atoms with Gasteiger partial charge in [-0.3, -0.25) is 4.90 Å². The molecule has 1 saturated heterocycles. The molecule has 0 amide bonds. The first-order chi connectivity index (χ1) is 11.0. The molecule has 1 aliphatic heterocycles. The average Bonchev–Trinajstić information content (AvgIpc) is 2.83. The Balaban J connectivity index is 1.75. The minimum atomic E-state index is 0.0928. The Hall–Kier alpha value is -1.66. The van der Waals surface area contributed by atoms with E-state index < -0.39 is 0 Å². The molecule has 3 N–H and O–H groups in total. The van der Waals surface area contributed by atoms with Crippen LogP contribution >= 0.6 is 0 Å². The SMILES string of the molecule is CCC1(CO)CCN(Cc2nc(N)c3c(C)c(C)oc3n2)CC1.